The predicted molar refractivity (Wildman–Crippen MR) is 59.3 cm³/mol. The van der Waals surface area contributed by atoms with Crippen LogP contribution in [0, 0.1) is 17.1 Å². The average Bonchev–Trinajstić information content (AvgIpc) is 2.18. The molecule has 0 bridgehead atoms. The minimum Gasteiger partial charge on any atom is -0.369 e. The number of anilines is 1. The van der Waals surface area contributed by atoms with Crippen molar-refractivity contribution in [1.29, 1.82) is 5.26 Å². The van der Waals surface area contributed by atoms with Crippen LogP contribution in [0.4, 0.5) is 10.1 Å². The van der Waals surface area contributed by atoms with Gasteiger partial charge in [0.1, 0.15) is 11.9 Å². The SMILES string of the molecule is CCN(c1ccc(C#N)c(F)c1)C(C)C. The third-order valence-electron chi connectivity index (χ3n) is 2.37. The Kier molecular flexibility index (Phi) is 3.68. The van der Waals surface area contributed by atoms with Crippen molar-refractivity contribution in [1.82, 2.24) is 0 Å². The Morgan fingerprint density at radius 2 is 2.13 bits per heavy atom. The van der Waals surface area contributed by atoms with Gasteiger partial charge in [-0.1, -0.05) is 0 Å². The van der Waals surface area contributed by atoms with Crippen molar-refractivity contribution in [3.63, 3.8) is 0 Å². The number of nitrogens with zero attached hydrogens (tertiary/aromatic N) is 2. The first-order valence-corrected chi connectivity index (χ1v) is 5.06. The van der Waals surface area contributed by atoms with E-state index in [1.54, 1.807) is 6.07 Å². The van der Waals surface area contributed by atoms with Crippen LogP contribution in [0.2, 0.25) is 0 Å². The zero-order chi connectivity index (χ0) is 11.4. The number of rotatable bonds is 3. The normalized spacial score (nSPS) is 10.1. The lowest BCUT2D eigenvalue weighted by molar-refractivity contribution is 0.620. The molecule has 0 saturated carbocycles. The van der Waals surface area contributed by atoms with E-state index in [0.29, 0.717) is 6.04 Å². The molecule has 1 aromatic carbocycles. The molecule has 0 aromatic heterocycles. The first-order chi connectivity index (χ1) is 7.10. The van der Waals surface area contributed by atoms with Crippen LogP contribution in [0.3, 0.4) is 0 Å². The van der Waals surface area contributed by atoms with E-state index in [1.807, 2.05) is 13.0 Å². The summed E-state index contributed by atoms with van der Waals surface area (Å²) in [6, 6.07) is 6.86. The summed E-state index contributed by atoms with van der Waals surface area (Å²) in [4.78, 5) is 2.07. The van der Waals surface area contributed by atoms with Gasteiger partial charge in [0, 0.05) is 18.3 Å². The van der Waals surface area contributed by atoms with Crippen molar-refractivity contribution >= 4 is 5.69 Å². The summed E-state index contributed by atoms with van der Waals surface area (Å²) in [7, 11) is 0. The van der Waals surface area contributed by atoms with Gasteiger partial charge in [0.2, 0.25) is 0 Å². The predicted octanol–water partition coefficient (Wildman–Crippen LogP) is 2.93. The first kappa shape index (κ1) is 11.5. The van der Waals surface area contributed by atoms with Gasteiger partial charge in [0.15, 0.2) is 0 Å². The van der Waals surface area contributed by atoms with Crippen LogP contribution in [0.25, 0.3) is 0 Å². The summed E-state index contributed by atoms with van der Waals surface area (Å²) in [5.74, 6) is -0.450. The first-order valence-electron chi connectivity index (χ1n) is 5.06. The summed E-state index contributed by atoms with van der Waals surface area (Å²) in [5.41, 5.74) is 0.919. The molecule has 80 valence electrons. The number of hydrogen-bond acceptors (Lipinski definition) is 2. The molecule has 0 saturated heterocycles. The van der Waals surface area contributed by atoms with Crippen molar-refractivity contribution < 1.29 is 4.39 Å². The van der Waals surface area contributed by atoms with E-state index in [9.17, 15) is 4.39 Å². The van der Waals surface area contributed by atoms with Gasteiger partial charge < -0.3 is 4.90 Å². The number of nitriles is 1. The zero-order valence-corrected chi connectivity index (χ0v) is 9.29. The fourth-order valence-corrected chi connectivity index (χ4v) is 1.62. The molecular formula is C12H15FN2. The minimum absolute atomic E-state index is 0.0959. The van der Waals surface area contributed by atoms with Gasteiger partial charge in [0.05, 0.1) is 5.56 Å². The second-order valence-electron chi connectivity index (χ2n) is 3.66. The van der Waals surface area contributed by atoms with Crippen LogP contribution in [0.1, 0.15) is 26.3 Å². The molecular weight excluding hydrogens is 191 g/mol. The highest BCUT2D eigenvalue weighted by molar-refractivity contribution is 5.50. The van der Waals surface area contributed by atoms with E-state index >= 15 is 0 Å². The van der Waals surface area contributed by atoms with Crippen molar-refractivity contribution in [3.8, 4) is 6.07 Å². The Balaban J connectivity index is 3.06. The monoisotopic (exact) mass is 206 g/mol. The van der Waals surface area contributed by atoms with Gasteiger partial charge in [0.25, 0.3) is 0 Å². The summed E-state index contributed by atoms with van der Waals surface area (Å²) < 4.78 is 13.4. The highest BCUT2D eigenvalue weighted by atomic mass is 19.1. The van der Waals surface area contributed by atoms with Gasteiger partial charge in [-0.05, 0) is 39.0 Å². The topological polar surface area (TPSA) is 27.0 Å². The van der Waals surface area contributed by atoms with Crippen molar-refractivity contribution in [3.05, 3.63) is 29.6 Å². The van der Waals surface area contributed by atoms with Gasteiger partial charge >= 0.3 is 0 Å². The minimum atomic E-state index is -0.450. The Hall–Kier alpha value is -1.56. The molecule has 2 nitrogen and oxygen atoms in total. The molecule has 15 heavy (non-hydrogen) atoms. The quantitative estimate of drug-likeness (QED) is 0.760. The van der Waals surface area contributed by atoms with Crippen LogP contribution < -0.4 is 4.90 Å². The van der Waals surface area contributed by atoms with Crippen LogP contribution >= 0.6 is 0 Å². The third kappa shape index (κ3) is 2.47. The Bertz CT molecular complexity index is 380. The van der Waals surface area contributed by atoms with Crippen LogP contribution in [-0.2, 0) is 0 Å². The molecule has 0 aliphatic rings. The average molecular weight is 206 g/mol. The lowest BCUT2D eigenvalue weighted by atomic mass is 10.1. The van der Waals surface area contributed by atoms with E-state index in [0.717, 1.165) is 12.2 Å². The molecule has 0 spiro atoms. The second-order valence-corrected chi connectivity index (χ2v) is 3.66. The molecule has 3 heteroatoms. The Morgan fingerprint density at radius 1 is 1.47 bits per heavy atom. The molecule has 0 N–H and O–H groups in total. The zero-order valence-electron chi connectivity index (χ0n) is 9.29. The van der Waals surface area contributed by atoms with Gasteiger partial charge in [-0.2, -0.15) is 5.26 Å². The van der Waals surface area contributed by atoms with Crippen LogP contribution in [-0.4, -0.2) is 12.6 Å². The fraction of sp³-hybridized carbons (Fsp3) is 0.417. The van der Waals surface area contributed by atoms with Crippen LogP contribution in [0.5, 0.6) is 0 Å². The molecule has 0 unspecified atom stereocenters. The molecule has 1 rings (SSSR count). The summed E-state index contributed by atoms with van der Waals surface area (Å²) in [6.07, 6.45) is 0. The molecule has 0 amide bonds. The lowest BCUT2D eigenvalue weighted by Gasteiger charge is -2.27. The molecule has 0 aliphatic heterocycles. The van der Waals surface area contributed by atoms with Gasteiger partial charge in [-0.3, -0.25) is 0 Å². The maximum atomic E-state index is 13.4. The number of hydrogen-bond donors (Lipinski definition) is 0. The second kappa shape index (κ2) is 4.79. The standard InChI is InChI=1S/C12H15FN2/c1-4-15(9(2)3)11-6-5-10(8-14)12(13)7-11/h5-7,9H,4H2,1-3H3. The largest absolute Gasteiger partial charge is 0.369 e. The number of benzene rings is 1. The van der Waals surface area contributed by atoms with Crippen molar-refractivity contribution in [2.24, 2.45) is 0 Å². The fourth-order valence-electron chi connectivity index (χ4n) is 1.62. The summed E-state index contributed by atoms with van der Waals surface area (Å²) in [5, 5.41) is 8.61. The summed E-state index contributed by atoms with van der Waals surface area (Å²) in [6.45, 7) is 6.96. The van der Waals surface area contributed by atoms with Crippen molar-refractivity contribution in [2.45, 2.75) is 26.8 Å². The highest BCUT2D eigenvalue weighted by Gasteiger charge is 2.10. The molecule has 0 atom stereocenters. The van der Waals surface area contributed by atoms with Crippen molar-refractivity contribution in [2.75, 3.05) is 11.4 Å². The molecule has 0 radical (unpaired) electrons. The molecule has 0 aliphatic carbocycles. The highest BCUT2D eigenvalue weighted by Crippen LogP contribution is 2.20. The Morgan fingerprint density at radius 3 is 2.53 bits per heavy atom. The summed E-state index contributed by atoms with van der Waals surface area (Å²) >= 11 is 0. The smallest absolute Gasteiger partial charge is 0.143 e. The number of halogens is 1. The van der Waals surface area contributed by atoms with E-state index in [2.05, 4.69) is 18.7 Å². The molecule has 1 aromatic rings. The molecule has 0 fully saturated rings. The van der Waals surface area contributed by atoms with E-state index in [-0.39, 0.29) is 5.56 Å². The van der Waals surface area contributed by atoms with Crippen LogP contribution in [0.15, 0.2) is 18.2 Å². The molecule has 0 heterocycles. The lowest BCUT2D eigenvalue weighted by Crippen LogP contribution is -2.30. The van der Waals surface area contributed by atoms with E-state index in [1.165, 1.54) is 12.1 Å². The Labute approximate surface area is 89.9 Å². The maximum Gasteiger partial charge on any atom is 0.143 e. The maximum absolute atomic E-state index is 13.4. The van der Waals surface area contributed by atoms with E-state index < -0.39 is 5.82 Å². The van der Waals surface area contributed by atoms with E-state index in [4.69, 9.17) is 5.26 Å². The van der Waals surface area contributed by atoms with Gasteiger partial charge in [-0.25, -0.2) is 4.39 Å². The third-order valence-corrected chi connectivity index (χ3v) is 2.37. The van der Waals surface area contributed by atoms with Gasteiger partial charge in [-0.15, -0.1) is 0 Å².